The highest BCUT2D eigenvalue weighted by molar-refractivity contribution is 8.02. The first kappa shape index (κ1) is 14.3. The Kier molecular flexibility index (Phi) is 4.09. The Morgan fingerprint density at radius 1 is 1.48 bits per heavy atom. The van der Waals surface area contributed by atoms with Crippen molar-refractivity contribution in [3.05, 3.63) is 29.8 Å². The Hall–Kier alpha value is -1.64. The average Bonchev–Trinajstić information content (AvgIpc) is 3.07. The monoisotopic (exact) mass is 336 g/mol. The van der Waals surface area contributed by atoms with E-state index in [0.29, 0.717) is 5.13 Å². The Morgan fingerprint density at radius 2 is 2.33 bits per heavy atom. The van der Waals surface area contributed by atoms with Gasteiger partial charge in [0.1, 0.15) is 0 Å². The molecule has 0 saturated heterocycles. The van der Waals surface area contributed by atoms with E-state index >= 15 is 0 Å². The van der Waals surface area contributed by atoms with Gasteiger partial charge in [-0.25, -0.2) is 9.97 Å². The van der Waals surface area contributed by atoms with E-state index in [2.05, 4.69) is 15.3 Å². The molecule has 1 unspecified atom stereocenters. The molecular weight excluding hydrogens is 324 g/mol. The molecule has 0 fully saturated rings. The van der Waals surface area contributed by atoms with E-state index < -0.39 is 0 Å². The number of nitrogens with one attached hydrogen (secondary N) is 1. The van der Waals surface area contributed by atoms with Crippen molar-refractivity contribution >= 4 is 61.4 Å². The van der Waals surface area contributed by atoms with Crippen LogP contribution in [0.25, 0.3) is 10.2 Å². The van der Waals surface area contributed by atoms with Gasteiger partial charge in [0.15, 0.2) is 9.47 Å². The van der Waals surface area contributed by atoms with Crippen molar-refractivity contribution < 1.29 is 4.79 Å². The Bertz CT molecular complexity index is 769. The largest absolute Gasteiger partial charge is 0.399 e. The molecule has 1 amide bonds. The molecule has 108 valence electrons. The number of amides is 1. The first-order valence-electron chi connectivity index (χ1n) is 6.15. The van der Waals surface area contributed by atoms with Crippen molar-refractivity contribution in [1.29, 1.82) is 0 Å². The first-order chi connectivity index (χ1) is 10.1. The molecule has 1 atom stereocenters. The Balaban J connectivity index is 1.70. The second-order valence-electron chi connectivity index (χ2n) is 4.29. The standard InChI is InChI=1S/C13H12N4OS3/c1-7(11(18)17-12-15-4-5-19-12)20-13-16-9-3-2-8(14)6-10(9)21-13/h2-7H,14H2,1H3,(H,15,17,18). The number of nitrogens with two attached hydrogens (primary N) is 1. The summed E-state index contributed by atoms with van der Waals surface area (Å²) >= 11 is 4.38. The molecule has 8 heteroatoms. The second kappa shape index (κ2) is 6.00. The fourth-order valence-electron chi connectivity index (χ4n) is 1.67. The molecule has 0 aliphatic heterocycles. The normalized spacial score (nSPS) is 12.4. The second-order valence-corrected chi connectivity index (χ2v) is 7.81. The number of nitrogens with zero attached hydrogens (tertiary/aromatic N) is 2. The lowest BCUT2D eigenvalue weighted by molar-refractivity contribution is -0.115. The summed E-state index contributed by atoms with van der Waals surface area (Å²) in [5, 5.41) is 4.99. The Labute approximate surface area is 133 Å². The maximum Gasteiger partial charge on any atom is 0.239 e. The van der Waals surface area contributed by atoms with E-state index in [1.54, 1.807) is 17.5 Å². The zero-order valence-electron chi connectivity index (χ0n) is 11.1. The number of nitrogen functional groups attached to an aromatic ring is 1. The van der Waals surface area contributed by atoms with Crippen LogP contribution in [-0.4, -0.2) is 21.1 Å². The third-order valence-electron chi connectivity index (χ3n) is 2.70. The van der Waals surface area contributed by atoms with Gasteiger partial charge in [-0.05, 0) is 25.1 Å². The lowest BCUT2D eigenvalue weighted by Crippen LogP contribution is -2.22. The highest BCUT2D eigenvalue weighted by Gasteiger charge is 2.17. The van der Waals surface area contributed by atoms with E-state index in [4.69, 9.17) is 5.73 Å². The van der Waals surface area contributed by atoms with Crippen molar-refractivity contribution in [2.24, 2.45) is 0 Å². The number of aromatic nitrogens is 2. The predicted octanol–water partition coefficient (Wildman–Crippen LogP) is 3.45. The van der Waals surface area contributed by atoms with Gasteiger partial charge in [0.05, 0.1) is 15.5 Å². The first-order valence-corrected chi connectivity index (χ1v) is 8.72. The summed E-state index contributed by atoms with van der Waals surface area (Å²) in [6.45, 7) is 1.86. The Morgan fingerprint density at radius 3 is 3.10 bits per heavy atom. The molecule has 0 spiro atoms. The zero-order valence-corrected chi connectivity index (χ0v) is 13.5. The van der Waals surface area contributed by atoms with Gasteiger partial charge in [0.25, 0.3) is 0 Å². The molecule has 3 N–H and O–H groups in total. The molecule has 3 aromatic rings. The number of hydrogen-bond donors (Lipinski definition) is 2. The molecular formula is C13H12N4OS3. The summed E-state index contributed by atoms with van der Waals surface area (Å²) in [6.07, 6.45) is 1.66. The number of rotatable bonds is 4. The van der Waals surface area contributed by atoms with Gasteiger partial charge in [-0.15, -0.1) is 22.7 Å². The lowest BCUT2D eigenvalue weighted by atomic mass is 10.3. The van der Waals surface area contributed by atoms with Crippen molar-refractivity contribution in [3.63, 3.8) is 0 Å². The van der Waals surface area contributed by atoms with E-state index in [-0.39, 0.29) is 11.2 Å². The van der Waals surface area contributed by atoms with Crippen LogP contribution in [0.2, 0.25) is 0 Å². The molecule has 2 heterocycles. The average molecular weight is 336 g/mol. The van der Waals surface area contributed by atoms with Crippen LogP contribution in [0, 0.1) is 0 Å². The molecule has 0 saturated carbocycles. The predicted molar refractivity (Wildman–Crippen MR) is 90.1 cm³/mol. The summed E-state index contributed by atoms with van der Waals surface area (Å²) in [5.74, 6) is -0.0753. The van der Waals surface area contributed by atoms with E-state index in [1.807, 2.05) is 30.5 Å². The van der Waals surface area contributed by atoms with Gasteiger partial charge in [-0.3, -0.25) is 4.79 Å². The SMILES string of the molecule is CC(Sc1nc2ccc(N)cc2s1)C(=O)Nc1nccs1. The summed E-state index contributed by atoms with van der Waals surface area (Å²) in [4.78, 5) is 20.6. The molecule has 0 bridgehead atoms. The number of anilines is 2. The van der Waals surface area contributed by atoms with Crippen molar-refractivity contribution in [2.45, 2.75) is 16.5 Å². The van der Waals surface area contributed by atoms with Gasteiger partial charge in [-0.1, -0.05) is 11.8 Å². The minimum atomic E-state index is -0.244. The maximum atomic E-state index is 12.1. The summed E-state index contributed by atoms with van der Waals surface area (Å²) < 4.78 is 1.89. The molecule has 1 aromatic carbocycles. The van der Waals surface area contributed by atoms with Crippen LogP contribution >= 0.6 is 34.4 Å². The molecule has 0 radical (unpaired) electrons. The van der Waals surface area contributed by atoms with Gasteiger partial charge in [0.2, 0.25) is 5.91 Å². The minimum Gasteiger partial charge on any atom is -0.399 e. The van der Waals surface area contributed by atoms with Crippen LogP contribution in [0.4, 0.5) is 10.8 Å². The van der Waals surface area contributed by atoms with Gasteiger partial charge >= 0.3 is 0 Å². The number of fused-ring (bicyclic) bond motifs is 1. The van der Waals surface area contributed by atoms with Gasteiger partial charge in [-0.2, -0.15) is 0 Å². The number of thioether (sulfide) groups is 1. The number of carbonyl (C=O) groups excluding carboxylic acids is 1. The topological polar surface area (TPSA) is 80.9 Å². The molecule has 0 aliphatic rings. The molecule has 3 rings (SSSR count). The number of thiazole rings is 2. The van der Waals surface area contributed by atoms with Gasteiger partial charge in [0, 0.05) is 17.3 Å². The van der Waals surface area contributed by atoms with Crippen LogP contribution < -0.4 is 11.1 Å². The number of carbonyl (C=O) groups is 1. The smallest absolute Gasteiger partial charge is 0.239 e. The highest BCUT2D eigenvalue weighted by atomic mass is 32.2. The molecule has 21 heavy (non-hydrogen) atoms. The summed E-state index contributed by atoms with van der Waals surface area (Å²) in [6, 6.07) is 5.62. The maximum absolute atomic E-state index is 12.1. The summed E-state index contributed by atoms with van der Waals surface area (Å²) in [5.41, 5.74) is 7.39. The minimum absolute atomic E-state index is 0.0753. The highest BCUT2D eigenvalue weighted by Crippen LogP contribution is 2.33. The third-order valence-corrected chi connectivity index (χ3v) is 5.60. The van der Waals surface area contributed by atoms with Crippen LogP contribution in [0.15, 0.2) is 34.1 Å². The van der Waals surface area contributed by atoms with Crippen LogP contribution in [0.3, 0.4) is 0 Å². The number of benzene rings is 1. The molecule has 0 aliphatic carbocycles. The van der Waals surface area contributed by atoms with Crippen LogP contribution in [0.1, 0.15) is 6.92 Å². The van der Waals surface area contributed by atoms with E-state index in [1.165, 1.54) is 23.1 Å². The van der Waals surface area contributed by atoms with Gasteiger partial charge < -0.3 is 11.1 Å². The number of hydrogen-bond acceptors (Lipinski definition) is 7. The molecule has 2 aromatic heterocycles. The van der Waals surface area contributed by atoms with Crippen molar-refractivity contribution in [2.75, 3.05) is 11.1 Å². The fourth-order valence-corrected chi connectivity index (χ4v) is 4.46. The molecule has 5 nitrogen and oxygen atoms in total. The zero-order chi connectivity index (χ0) is 14.8. The van der Waals surface area contributed by atoms with Crippen LogP contribution in [0.5, 0.6) is 0 Å². The fraction of sp³-hybridized carbons (Fsp3) is 0.154. The van der Waals surface area contributed by atoms with E-state index in [0.717, 1.165) is 20.2 Å². The quantitative estimate of drug-likeness (QED) is 0.563. The lowest BCUT2D eigenvalue weighted by Gasteiger charge is -2.07. The van der Waals surface area contributed by atoms with Crippen molar-refractivity contribution in [3.8, 4) is 0 Å². The van der Waals surface area contributed by atoms with Crippen molar-refractivity contribution in [1.82, 2.24) is 9.97 Å². The van der Waals surface area contributed by atoms with E-state index in [9.17, 15) is 4.79 Å². The summed E-state index contributed by atoms with van der Waals surface area (Å²) in [7, 11) is 0. The third kappa shape index (κ3) is 3.34. The van der Waals surface area contributed by atoms with Crippen LogP contribution in [-0.2, 0) is 4.79 Å².